The standard InChI is InChI=1S/C33H41FN6O2S/c1-24-19-37(20-25(2)39(24)22-26-6-4-3-5-7-26)21-27-8-12-30(13-9-27)40(33(42)38-14-16-43-17-15-38)23-29-11-10-28(18-31(29)34)32(41)36-35/h3-13,18,24-25H,14-17,19-23,35H2,1-2H3,(H,36,41)/t24-,25+. The molecule has 2 atom stereocenters. The molecule has 2 aliphatic heterocycles. The number of nitrogens with zero attached hydrogens (tertiary/aromatic N) is 4. The Labute approximate surface area is 258 Å². The number of thioether (sulfide) groups is 1. The molecule has 10 heteroatoms. The fourth-order valence-electron chi connectivity index (χ4n) is 6.01. The average molecular weight is 605 g/mol. The van der Waals surface area contributed by atoms with Crippen LogP contribution in [0.1, 0.15) is 40.9 Å². The van der Waals surface area contributed by atoms with Gasteiger partial charge in [-0.25, -0.2) is 15.0 Å². The Hall–Kier alpha value is -3.44. The molecule has 3 aromatic carbocycles. The van der Waals surface area contributed by atoms with Crippen LogP contribution in [0.3, 0.4) is 0 Å². The van der Waals surface area contributed by atoms with Gasteiger partial charge < -0.3 is 4.90 Å². The van der Waals surface area contributed by atoms with E-state index in [1.54, 1.807) is 11.0 Å². The zero-order valence-corrected chi connectivity index (χ0v) is 25.7. The van der Waals surface area contributed by atoms with Crippen molar-refractivity contribution in [1.29, 1.82) is 0 Å². The molecule has 3 aromatic rings. The second kappa shape index (κ2) is 14.4. The second-order valence-corrected chi connectivity index (χ2v) is 12.7. The average Bonchev–Trinajstić information content (AvgIpc) is 3.03. The number of amides is 3. The first-order valence-corrected chi connectivity index (χ1v) is 16.0. The van der Waals surface area contributed by atoms with E-state index in [4.69, 9.17) is 5.84 Å². The van der Waals surface area contributed by atoms with E-state index < -0.39 is 11.7 Å². The van der Waals surface area contributed by atoms with Crippen molar-refractivity contribution in [3.63, 3.8) is 0 Å². The summed E-state index contributed by atoms with van der Waals surface area (Å²) < 4.78 is 15.1. The van der Waals surface area contributed by atoms with Crippen LogP contribution in [0.5, 0.6) is 0 Å². The van der Waals surface area contributed by atoms with Gasteiger partial charge in [0.05, 0.1) is 6.54 Å². The molecule has 2 saturated heterocycles. The van der Waals surface area contributed by atoms with Gasteiger partial charge in [0.1, 0.15) is 5.82 Å². The largest absolute Gasteiger partial charge is 0.324 e. The highest BCUT2D eigenvalue weighted by Crippen LogP contribution is 2.25. The van der Waals surface area contributed by atoms with Gasteiger partial charge in [-0.1, -0.05) is 48.5 Å². The summed E-state index contributed by atoms with van der Waals surface area (Å²) in [6.45, 7) is 9.69. The van der Waals surface area contributed by atoms with Gasteiger partial charge in [-0.15, -0.1) is 0 Å². The maximum Gasteiger partial charge on any atom is 0.324 e. The highest BCUT2D eigenvalue weighted by molar-refractivity contribution is 7.99. The van der Waals surface area contributed by atoms with Gasteiger partial charge in [-0.05, 0) is 49.2 Å². The molecule has 2 fully saturated rings. The van der Waals surface area contributed by atoms with E-state index in [9.17, 15) is 9.59 Å². The van der Waals surface area contributed by atoms with Crippen molar-refractivity contribution < 1.29 is 14.0 Å². The van der Waals surface area contributed by atoms with E-state index in [0.29, 0.717) is 36.4 Å². The summed E-state index contributed by atoms with van der Waals surface area (Å²) in [6, 6.07) is 23.6. The zero-order valence-electron chi connectivity index (χ0n) is 24.9. The smallest absolute Gasteiger partial charge is 0.323 e. The highest BCUT2D eigenvalue weighted by atomic mass is 32.2. The van der Waals surface area contributed by atoms with Crippen LogP contribution in [0.15, 0.2) is 72.8 Å². The van der Waals surface area contributed by atoms with Gasteiger partial charge in [0.25, 0.3) is 5.91 Å². The molecule has 8 nitrogen and oxygen atoms in total. The number of nitrogens with two attached hydrogens (primary N) is 1. The second-order valence-electron chi connectivity index (χ2n) is 11.5. The lowest BCUT2D eigenvalue weighted by molar-refractivity contribution is 0.0290. The van der Waals surface area contributed by atoms with Crippen molar-refractivity contribution in [2.24, 2.45) is 5.84 Å². The quantitative estimate of drug-likeness (QED) is 0.220. The summed E-state index contributed by atoms with van der Waals surface area (Å²) in [7, 11) is 0. The minimum atomic E-state index is -0.568. The Bertz CT molecular complexity index is 1370. The van der Waals surface area contributed by atoms with Crippen LogP contribution < -0.4 is 16.2 Å². The van der Waals surface area contributed by atoms with E-state index in [0.717, 1.165) is 43.8 Å². The van der Waals surface area contributed by atoms with Crippen molar-refractivity contribution in [3.05, 3.63) is 101 Å². The monoisotopic (exact) mass is 604 g/mol. The number of halogens is 1. The van der Waals surface area contributed by atoms with Gasteiger partial charge in [-0.3, -0.25) is 24.9 Å². The fraction of sp³-hybridized carbons (Fsp3) is 0.394. The molecule has 5 rings (SSSR count). The lowest BCUT2D eigenvalue weighted by atomic mass is 10.0. The summed E-state index contributed by atoms with van der Waals surface area (Å²) in [5.74, 6) is 5.84. The minimum absolute atomic E-state index is 0.0522. The molecule has 0 aliphatic carbocycles. The number of urea groups is 1. The molecule has 228 valence electrons. The molecule has 0 saturated carbocycles. The first kappa shape index (κ1) is 31.0. The molecule has 3 N–H and O–H groups in total. The molecule has 0 aromatic heterocycles. The number of nitrogens with one attached hydrogen (secondary N) is 1. The van der Waals surface area contributed by atoms with Crippen LogP contribution >= 0.6 is 11.8 Å². The molecule has 2 heterocycles. The number of nitrogen functional groups attached to an aromatic ring is 1. The number of piperazine rings is 1. The Balaban J connectivity index is 1.28. The summed E-state index contributed by atoms with van der Waals surface area (Å²) in [4.78, 5) is 34.1. The van der Waals surface area contributed by atoms with Crippen molar-refractivity contribution >= 4 is 29.4 Å². The molecule has 0 radical (unpaired) electrons. The third-order valence-electron chi connectivity index (χ3n) is 8.33. The number of benzene rings is 3. The molecule has 2 aliphatic rings. The lowest BCUT2D eigenvalue weighted by Gasteiger charge is -2.44. The Kier molecular flexibility index (Phi) is 10.3. The summed E-state index contributed by atoms with van der Waals surface area (Å²) in [5, 5.41) is 0. The van der Waals surface area contributed by atoms with Crippen LogP contribution in [0, 0.1) is 5.82 Å². The van der Waals surface area contributed by atoms with E-state index in [-0.39, 0.29) is 18.1 Å². The van der Waals surface area contributed by atoms with E-state index in [1.165, 1.54) is 17.2 Å². The topological polar surface area (TPSA) is 85.1 Å². The number of carbonyl (C=O) groups excluding carboxylic acids is 2. The number of rotatable bonds is 8. The fourth-order valence-corrected chi connectivity index (χ4v) is 6.91. The number of carbonyl (C=O) groups is 2. The van der Waals surface area contributed by atoms with E-state index >= 15 is 4.39 Å². The van der Waals surface area contributed by atoms with Gasteiger partial charge in [0, 0.05) is 79.7 Å². The molecule has 43 heavy (non-hydrogen) atoms. The van der Waals surface area contributed by atoms with Crippen molar-refractivity contribution in [2.45, 2.75) is 45.6 Å². The van der Waals surface area contributed by atoms with Gasteiger partial charge >= 0.3 is 6.03 Å². The Morgan fingerprint density at radius 2 is 1.58 bits per heavy atom. The van der Waals surface area contributed by atoms with Crippen molar-refractivity contribution in [1.82, 2.24) is 20.1 Å². The Morgan fingerprint density at radius 3 is 2.21 bits per heavy atom. The normalized spacial score (nSPS) is 19.7. The van der Waals surface area contributed by atoms with Gasteiger partial charge in [0.15, 0.2) is 0 Å². The van der Waals surface area contributed by atoms with E-state index in [2.05, 4.69) is 66.1 Å². The van der Waals surface area contributed by atoms with Crippen LogP contribution in [0.25, 0.3) is 0 Å². The predicted octanol–water partition coefficient (Wildman–Crippen LogP) is 4.70. The third kappa shape index (κ3) is 7.75. The molecular formula is C33H41FN6O2S. The molecule has 3 amide bonds. The number of hydrogen-bond donors (Lipinski definition) is 2. The number of anilines is 1. The third-order valence-corrected chi connectivity index (χ3v) is 9.27. The molecule has 0 bridgehead atoms. The highest BCUT2D eigenvalue weighted by Gasteiger charge is 2.30. The Morgan fingerprint density at radius 1 is 0.930 bits per heavy atom. The molecule has 0 unspecified atom stereocenters. The van der Waals surface area contributed by atoms with Crippen LogP contribution in [0.2, 0.25) is 0 Å². The maximum absolute atomic E-state index is 15.1. The van der Waals surface area contributed by atoms with Crippen LogP contribution in [-0.4, -0.2) is 76.4 Å². The van der Waals surface area contributed by atoms with E-state index in [1.807, 2.05) is 34.2 Å². The number of hydrazine groups is 1. The van der Waals surface area contributed by atoms with Crippen molar-refractivity contribution in [3.8, 4) is 0 Å². The maximum atomic E-state index is 15.1. The zero-order chi connectivity index (χ0) is 30.3. The predicted molar refractivity (Wildman–Crippen MR) is 171 cm³/mol. The minimum Gasteiger partial charge on any atom is -0.323 e. The van der Waals surface area contributed by atoms with Crippen molar-refractivity contribution in [2.75, 3.05) is 42.6 Å². The van der Waals surface area contributed by atoms with Gasteiger partial charge in [0.2, 0.25) is 0 Å². The SMILES string of the molecule is C[C@@H]1CN(Cc2ccc(N(Cc3ccc(C(=O)NN)cc3F)C(=O)N3CCSCC3)cc2)C[C@H](C)N1Cc1ccccc1. The first-order chi connectivity index (χ1) is 20.8. The molecule has 0 spiro atoms. The summed E-state index contributed by atoms with van der Waals surface area (Å²) >= 11 is 1.83. The first-order valence-electron chi connectivity index (χ1n) is 14.9. The summed E-state index contributed by atoms with van der Waals surface area (Å²) in [6.07, 6.45) is 0. The van der Waals surface area contributed by atoms with Crippen LogP contribution in [0.4, 0.5) is 14.9 Å². The van der Waals surface area contributed by atoms with Gasteiger partial charge in [-0.2, -0.15) is 11.8 Å². The lowest BCUT2D eigenvalue weighted by Crippen LogP contribution is -2.55. The summed E-state index contributed by atoms with van der Waals surface area (Å²) in [5.41, 5.74) is 5.70. The number of hydrogen-bond acceptors (Lipinski definition) is 6. The molecular weight excluding hydrogens is 563 g/mol. The van der Waals surface area contributed by atoms with Crippen LogP contribution in [-0.2, 0) is 19.6 Å².